The fourth-order valence-electron chi connectivity index (χ4n) is 3.63. The third-order valence-corrected chi connectivity index (χ3v) is 5.35. The molecule has 2 aliphatic heterocycles. The van der Waals surface area contributed by atoms with Gasteiger partial charge >= 0.3 is 0 Å². The van der Waals surface area contributed by atoms with E-state index in [1.54, 1.807) is 12.4 Å². The number of carbonyl (C=O) groups excluding carboxylic acids is 2. The summed E-state index contributed by atoms with van der Waals surface area (Å²) >= 11 is 0. The standard InChI is InChI=1S/C20H30N4O3/c25-19-4-3-18(16-24(19)11-10-23-12-14-27-15-13-23)20(26)22-7-1-2-17-5-8-21-9-6-17/h5-6,8-9,18H,1-4,7,10-16H2,(H,22,26)/t18-/m0/s1. The Hall–Kier alpha value is -1.99. The molecule has 1 atom stereocenters. The third-order valence-electron chi connectivity index (χ3n) is 5.35. The Morgan fingerprint density at radius 2 is 2.00 bits per heavy atom. The number of piperidine rings is 1. The van der Waals surface area contributed by atoms with E-state index in [1.165, 1.54) is 5.56 Å². The molecule has 0 aliphatic carbocycles. The number of aryl methyl sites for hydroxylation is 1. The molecule has 1 aromatic heterocycles. The lowest BCUT2D eigenvalue weighted by atomic mass is 9.96. The fourth-order valence-corrected chi connectivity index (χ4v) is 3.63. The van der Waals surface area contributed by atoms with Crippen molar-refractivity contribution < 1.29 is 14.3 Å². The fraction of sp³-hybridized carbons (Fsp3) is 0.650. The summed E-state index contributed by atoms with van der Waals surface area (Å²) in [6, 6.07) is 4.00. The van der Waals surface area contributed by atoms with Gasteiger partial charge < -0.3 is 15.0 Å². The molecule has 2 fully saturated rings. The number of nitrogens with zero attached hydrogens (tertiary/aromatic N) is 3. The molecule has 2 saturated heterocycles. The van der Waals surface area contributed by atoms with Crippen LogP contribution >= 0.6 is 0 Å². The van der Waals surface area contributed by atoms with Gasteiger partial charge in [-0.15, -0.1) is 0 Å². The van der Waals surface area contributed by atoms with Crippen LogP contribution in [0.5, 0.6) is 0 Å². The van der Waals surface area contributed by atoms with Gasteiger partial charge in [0, 0.05) is 58.1 Å². The van der Waals surface area contributed by atoms with Gasteiger partial charge in [-0.25, -0.2) is 0 Å². The topological polar surface area (TPSA) is 74.8 Å². The molecular formula is C20H30N4O3. The minimum absolute atomic E-state index is 0.0774. The van der Waals surface area contributed by atoms with Crippen molar-refractivity contribution in [2.75, 3.05) is 52.5 Å². The maximum Gasteiger partial charge on any atom is 0.224 e. The van der Waals surface area contributed by atoms with E-state index in [2.05, 4.69) is 15.2 Å². The highest BCUT2D eigenvalue weighted by Crippen LogP contribution is 2.18. The SMILES string of the molecule is O=C(NCCCc1ccncc1)[C@H]1CCC(=O)N(CCN2CCOCC2)C1. The van der Waals surface area contributed by atoms with E-state index >= 15 is 0 Å². The lowest BCUT2D eigenvalue weighted by Gasteiger charge is -2.34. The van der Waals surface area contributed by atoms with Gasteiger partial charge in [-0.1, -0.05) is 0 Å². The highest BCUT2D eigenvalue weighted by Gasteiger charge is 2.30. The zero-order valence-electron chi connectivity index (χ0n) is 15.9. The number of hydrogen-bond donors (Lipinski definition) is 1. The van der Waals surface area contributed by atoms with E-state index in [0.717, 1.165) is 45.7 Å². The van der Waals surface area contributed by atoms with Crippen molar-refractivity contribution in [3.63, 3.8) is 0 Å². The summed E-state index contributed by atoms with van der Waals surface area (Å²) in [6.07, 6.45) is 6.54. The zero-order valence-corrected chi connectivity index (χ0v) is 15.9. The molecule has 0 bridgehead atoms. The van der Waals surface area contributed by atoms with E-state index in [-0.39, 0.29) is 17.7 Å². The van der Waals surface area contributed by atoms with Gasteiger partial charge in [-0.05, 0) is 37.0 Å². The summed E-state index contributed by atoms with van der Waals surface area (Å²) in [4.78, 5) is 32.9. The van der Waals surface area contributed by atoms with Crippen LogP contribution in [0.15, 0.2) is 24.5 Å². The van der Waals surface area contributed by atoms with Crippen LogP contribution in [-0.2, 0) is 20.7 Å². The van der Waals surface area contributed by atoms with Crippen molar-refractivity contribution in [3.8, 4) is 0 Å². The first-order valence-corrected chi connectivity index (χ1v) is 9.97. The Morgan fingerprint density at radius 3 is 2.78 bits per heavy atom. The average Bonchev–Trinajstić information content (AvgIpc) is 2.72. The van der Waals surface area contributed by atoms with Gasteiger partial charge in [-0.3, -0.25) is 19.5 Å². The molecule has 148 valence electrons. The molecule has 3 heterocycles. The number of pyridine rings is 1. The van der Waals surface area contributed by atoms with E-state index in [9.17, 15) is 9.59 Å². The first kappa shape index (κ1) is 19.8. The van der Waals surface area contributed by atoms with Crippen molar-refractivity contribution in [2.24, 2.45) is 5.92 Å². The molecule has 1 aromatic rings. The molecule has 0 spiro atoms. The first-order valence-electron chi connectivity index (χ1n) is 9.97. The Kier molecular flexibility index (Phi) is 7.59. The number of rotatable bonds is 8. The number of likely N-dealkylation sites (tertiary alicyclic amines) is 1. The predicted molar refractivity (Wildman–Crippen MR) is 102 cm³/mol. The maximum absolute atomic E-state index is 12.5. The van der Waals surface area contributed by atoms with Gasteiger partial charge in [0.2, 0.25) is 11.8 Å². The number of aromatic nitrogens is 1. The van der Waals surface area contributed by atoms with Crippen LogP contribution in [0.25, 0.3) is 0 Å². The van der Waals surface area contributed by atoms with Crippen molar-refractivity contribution >= 4 is 11.8 Å². The van der Waals surface area contributed by atoms with Gasteiger partial charge in [0.25, 0.3) is 0 Å². The second-order valence-corrected chi connectivity index (χ2v) is 7.28. The van der Waals surface area contributed by atoms with Gasteiger partial charge in [0.1, 0.15) is 0 Å². The normalized spacial score (nSPS) is 21.3. The first-order chi connectivity index (χ1) is 13.2. The molecule has 27 heavy (non-hydrogen) atoms. The molecule has 0 saturated carbocycles. The highest BCUT2D eigenvalue weighted by molar-refractivity contribution is 5.83. The number of carbonyl (C=O) groups is 2. The van der Waals surface area contributed by atoms with Crippen molar-refractivity contribution in [2.45, 2.75) is 25.7 Å². The molecule has 0 aromatic carbocycles. The van der Waals surface area contributed by atoms with E-state index in [0.29, 0.717) is 32.5 Å². The quantitative estimate of drug-likeness (QED) is 0.678. The van der Waals surface area contributed by atoms with E-state index < -0.39 is 0 Å². The maximum atomic E-state index is 12.5. The van der Waals surface area contributed by atoms with Crippen molar-refractivity contribution in [1.29, 1.82) is 0 Å². The number of nitrogens with one attached hydrogen (secondary N) is 1. The monoisotopic (exact) mass is 374 g/mol. The van der Waals surface area contributed by atoms with Gasteiger partial charge in [0.15, 0.2) is 0 Å². The van der Waals surface area contributed by atoms with Crippen LogP contribution in [0.2, 0.25) is 0 Å². The summed E-state index contributed by atoms with van der Waals surface area (Å²) in [5.74, 6) is 0.159. The second kappa shape index (κ2) is 10.4. The minimum Gasteiger partial charge on any atom is -0.379 e. The van der Waals surface area contributed by atoms with E-state index in [1.807, 2.05) is 17.0 Å². The smallest absolute Gasteiger partial charge is 0.224 e. The Bertz CT molecular complexity index is 605. The molecule has 0 unspecified atom stereocenters. The summed E-state index contributed by atoms with van der Waals surface area (Å²) in [5, 5.41) is 3.04. The number of hydrogen-bond acceptors (Lipinski definition) is 5. The zero-order chi connectivity index (χ0) is 18.9. The number of amides is 2. The highest BCUT2D eigenvalue weighted by atomic mass is 16.5. The average molecular weight is 374 g/mol. The largest absolute Gasteiger partial charge is 0.379 e. The molecule has 3 rings (SSSR count). The molecule has 0 radical (unpaired) electrons. The number of morpholine rings is 1. The van der Waals surface area contributed by atoms with Crippen molar-refractivity contribution in [3.05, 3.63) is 30.1 Å². The Morgan fingerprint density at radius 1 is 1.22 bits per heavy atom. The van der Waals surface area contributed by atoms with E-state index in [4.69, 9.17) is 4.74 Å². The summed E-state index contributed by atoms with van der Waals surface area (Å²) in [6.45, 7) is 6.13. The van der Waals surface area contributed by atoms with Crippen LogP contribution in [0, 0.1) is 5.92 Å². The summed E-state index contributed by atoms with van der Waals surface area (Å²) in [5.41, 5.74) is 1.23. The molecule has 7 heteroatoms. The molecule has 2 aliphatic rings. The van der Waals surface area contributed by atoms with Crippen LogP contribution in [0.1, 0.15) is 24.8 Å². The second-order valence-electron chi connectivity index (χ2n) is 7.28. The van der Waals surface area contributed by atoms with Crippen molar-refractivity contribution in [1.82, 2.24) is 20.1 Å². The lowest BCUT2D eigenvalue weighted by Crippen LogP contribution is -2.49. The molecule has 2 amide bonds. The Balaban J connectivity index is 1.37. The molecular weight excluding hydrogens is 344 g/mol. The summed E-state index contributed by atoms with van der Waals surface area (Å²) < 4.78 is 5.36. The van der Waals surface area contributed by atoms with Crippen LogP contribution < -0.4 is 5.32 Å². The number of ether oxygens (including phenoxy) is 1. The third kappa shape index (κ3) is 6.29. The predicted octanol–water partition coefficient (Wildman–Crippen LogP) is 0.701. The Labute approximate surface area is 161 Å². The molecule has 1 N–H and O–H groups in total. The minimum atomic E-state index is -0.0895. The van der Waals surface area contributed by atoms with Gasteiger partial charge in [-0.2, -0.15) is 0 Å². The van der Waals surface area contributed by atoms with Crippen LogP contribution in [-0.4, -0.2) is 79.1 Å². The summed E-state index contributed by atoms with van der Waals surface area (Å²) in [7, 11) is 0. The van der Waals surface area contributed by atoms with Crippen LogP contribution in [0.4, 0.5) is 0 Å². The van der Waals surface area contributed by atoms with Crippen LogP contribution in [0.3, 0.4) is 0 Å². The lowest BCUT2D eigenvalue weighted by molar-refractivity contribution is -0.138. The van der Waals surface area contributed by atoms with Gasteiger partial charge in [0.05, 0.1) is 19.1 Å². The molecule has 7 nitrogen and oxygen atoms in total.